The molecule has 0 bridgehead atoms. The molecule has 0 aliphatic heterocycles. The lowest BCUT2D eigenvalue weighted by Gasteiger charge is -1.91. The number of halogens is 1. The third-order valence-corrected chi connectivity index (χ3v) is 0.211. The summed E-state index contributed by atoms with van der Waals surface area (Å²) in [5.74, 6) is 0. The molecule has 10 heavy (non-hydrogen) atoms. The monoisotopic (exact) mass is 158 g/mol. The van der Waals surface area contributed by atoms with Gasteiger partial charge >= 0.3 is 12.3 Å². The van der Waals surface area contributed by atoms with E-state index in [9.17, 15) is 9.59 Å². The number of carboxylic acid groups (broad SMARTS) is 2. The van der Waals surface area contributed by atoms with Crippen molar-refractivity contribution in [3.05, 3.63) is 0 Å². The molecule has 0 aromatic carbocycles. The Kier molecular flexibility index (Phi) is 6.26. The highest BCUT2D eigenvalue weighted by Crippen LogP contribution is 1.81. The van der Waals surface area contributed by atoms with Crippen molar-refractivity contribution in [2.75, 3.05) is 0 Å². The van der Waals surface area contributed by atoms with Gasteiger partial charge in [-0.3, -0.25) is 4.70 Å². The second kappa shape index (κ2) is 5.56. The smallest absolute Gasteiger partial charge is 0.448 e. The van der Waals surface area contributed by atoms with Crippen LogP contribution in [0.1, 0.15) is 0 Å². The lowest BCUT2D eigenvalue weighted by Crippen LogP contribution is -2.06. The van der Waals surface area contributed by atoms with Gasteiger partial charge in [-0.15, -0.1) is 0 Å². The zero-order chi connectivity index (χ0) is 7.28. The van der Waals surface area contributed by atoms with Gasteiger partial charge in [0.2, 0.25) is 0 Å². The first-order valence-electron chi connectivity index (χ1n) is 1.60. The summed E-state index contributed by atoms with van der Waals surface area (Å²) in [7, 11) is 0. The zero-order valence-corrected chi connectivity index (χ0v) is 4.34. The van der Waals surface area contributed by atoms with Crippen LogP contribution >= 0.6 is 0 Å². The van der Waals surface area contributed by atoms with E-state index in [0.29, 0.717) is 0 Å². The topological polar surface area (TPSA) is 102 Å². The molecule has 0 saturated carbocycles. The molecule has 7 nitrogen and oxygen atoms in total. The quantitative estimate of drug-likeness (QED) is 0.442. The van der Waals surface area contributed by atoms with E-state index in [1.807, 2.05) is 0 Å². The Hall–Kier alpha value is -1.57. The third-order valence-electron chi connectivity index (χ3n) is 0.211. The SMILES string of the molecule is F.O=C(O)OOOC(=O)O. The van der Waals surface area contributed by atoms with E-state index in [0.717, 1.165) is 0 Å². The molecule has 0 rings (SSSR count). The lowest BCUT2D eigenvalue weighted by molar-refractivity contribution is -0.456. The summed E-state index contributed by atoms with van der Waals surface area (Å²) in [6.07, 6.45) is -3.59. The van der Waals surface area contributed by atoms with E-state index in [2.05, 4.69) is 14.8 Å². The highest BCUT2D eigenvalue weighted by Gasteiger charge is 2.01. The van der Waals surface area contributed by atoms with Crippen LogP contribution in [0.4, 0.5) is 14.3 Å². The van der Waals surface area contributed by atoms with Crippen molar-refractivity contribution in [1.82, 2.24) is 0 Å². The molecule has 0 aromatic heterocycles. The van der Waals surface area contributed by atoms with Crippen LogP contribution in [-0.4, -0.2) is 22.5 Å². The van der Waals surface area contributed by atoms with Crippen molar-refractivity contribution >= 4 is 12.3 Å². The van der Waals surface area contributed by atoms with Crippen LogP contribution < -0.4 is 0 Å². The maximum atomic E-state index is 9.36. The number of hydrogen-bond acceptors (Lipinski definition) is 5. The summed E-state index contributed by atoms with van der Waals surface area (Å²) in [6, 6.07) is 0. The van der Waals surface area contributed by atoms with E-state index in [4.69, 9.17) is 10.2 Å². The van der Waals surface area contributed by atoms with Gasteiger partial charge in [0.05, 0.1) is 5.04 Å². The average Bonchev–Trinajstić information content (AvgIpc) is 1.63. The molecule has 0 fully saturated rings. The Morgan fingerprint density at radius 1 is 1.00 bits per heavy atom. The van der Waals surface area contributed by atoms with E-state index >= 15 is 0 Å². The summed E-state index contributed by atoms with van der Waals surface area (Å²) in [6.45, 7) is 0. The average molecular weight is 158 g/mol. The van der Waals surface area contributed by atoms with Gasteiger partial charge < -0.3 is 10.2 Å². The normalized spacial score (nSPS) is 7.20. The number of carbonyl (C=O) groups is 2. The molecule has 0 amide bonds. The Balaban J connectivity index is 0. The minimum Gasteiger partial charge on any atom is -0.448 e. The minimum atomic E-state index is -1.80. The van der Waals surface area contributed by atoms with E-state index in [1.54, 1.807) is 0 Å². The number of rotatable bonds is 2. The maximum absolute atomic E-state index is 9.36. The van der Waals surface area contributed by atoms with Gasteiger partial charge in [0.1, 0.15) is 0 Å². The minimum absolute atomic E-state index is 0. The predicted molar refractivity (Wildman–Crippen MR) is 21.8 cm³/mol. The van der Waals surface area contributed by atoms with Gasteiger partial charge in [0, 0.05) is 0 Å². The van der Waals surface area contributed by atoms with Gasteiger partial charge in [-0.05, 0) is 0 Å². The Bertz CT molecular complexity index is 107. The Morgan fingerprint density at radius 3 is 1.50 bits per heavy atom. The molecule has 0 heterocycles. The van der Waals surface area contributed by atoms with Crippen molar-refractivity contribution in [1.29, 1.82) is 0 Å². The van der Waals surface area contributed by atoms with Crippen LogP contribution in [0.5, 0.6) is 0 Å². The molecule has 0 aliphatic rings. The molecule has 8 heteroatoms. The highest BCUT2D eigenvalue weighted by atomic mass is 19.0. The molecule has 0 spiro atoms. The second-order valence-electron chi connectivity index (χ2n) is 0.767. The molecule has 0 saturated heterocycles. The first kappa shape index (κ1) is 11.3. The fourth-order valence-electron chi connectivity index (χ4n) is 0.0752. The van der Waals surface area contributed by atoms with Crippen LogP contribution in [0.15, 0.2) is 0 Å². The fourth-order valence-corrected chi connectivity index (χ4v) is 0.0752. The van der Waals surface area contributed by atoms with Crippen LogP contribution in [0, 0.1) is 0 Å². The Labute approximate surface area is 52.9 Å². The van der Waals surface area contributed by atoms with E-state index < -0.39 is 12.3 Å². The van der Waals surface area contributed by atoms with Crippen molar-refractivity contribution in [2.24, 2.45) is 0 Å². The van der Waals surface area contributed by atoms with Crippen LogP contribution in [0.3, 0.4) is 0 Å². The zero-order valence-electron chi connectivity index (χ0n) is 4.34. The molecular formula is C2H3FO7. The molecule has 0 radical (unpaired) electrons. The van der Waals surface area contributed by atoms with Crippen molar-refractivity contribution in [3.8, 4) is 0 Å². The predicted octanol–water partition coefficient (Wildman–Crippen LogP) is 0.375. The van der Waals surface area contributed by atoms with Crippen molar-refractivity contribution < 1.29 is 39.3 Å². The summed E-state index contributed by atoms with van der Waals surface area (Å²) < 4.78 is 0. The molecule has 0 atom stereocenters. The Morgan fingerprint density at radius 2 is 1.30 bits per heavy atom. The van der Waals surface area contributed by atoms with E-state index in [1.165, 1.54) is 0 Å². The molecule has 2 N–H and O–H groups in total. The van der Waals surface area contributed by atoms with Gasteiger partial charge in [-0.25, -0.2) is 19.4 Å². The van der Waals surface area contributed by atoms with Crippen molar-refractivity contribution in [2.45, 2.75) is 0 Å². The van der Waals surface area contributed by atoms with Crippen LogP contribution in [-0.2, 0) is 14.8 Å². The standard InChI is InChI=1S/C2H2O7.FH/c3-1(4)7-9-8-2(5)6;/h(H,3,4)(H,5,6);1H. The first-order valence-corrected chi connectivity index (χ1v) is 1.60. The van der Waals surface area contributed by atoms with Gasteiger partial charge in [-0.1, -0.05) is 0 Å². The molecule has 60 valence electrons. The van der Waals surface area contributed by atoms with Gasteiger partial charge in [-0.2, -0.15) is 0 Å². The summed E-state index contributed by atoms with van der Waals surface area (Å²) in [5, 5.41) is 18.4. The molecule has 0 aliphatic carbocycles. The van der Waals surface area contributed by atoms with Gasteiger partial charge in [0.15, 0.2) is 0 Å². The fraction of sp³-hybridized carbons (Fsp3) is 0. The third kappa shape index (κ3) is 9.66. The molecular weight excluding hydrogens is 155 g/mol. The van der Waals surface area contributed by atoms with Crippen LogP contribution in [0.2, 0.25) is 0 Å². The van der Waals surface area contributed by atoms with Crippen molar-refractivity contribution in [3.63, 3.8) is 0 Å². The summed E-state index contributed by atoms with van der Waals surface area (Å²) in [4.78, 5) is 25.1. The lowest BCUT2D eigenvalue weighted by atomic mass is 11.4. The summed E-state index contributed by atoms with van der Waals surface area (Å²) >= 11 is 0. The van der Waals surface area contributed by atoms with Gasteiger partial charge in [0.25, 0.3) is 0 Å². The second-order valence-corrected chi connectivity index (χ2v) is 0.767. The molecule has 0 aromatic rings. The van der Waals surface area contributed by atoms with E-state index in [-0.39, 0.29) is 4.70 Å². The maximum Gasteiger partial charge on any atom is 0.540 e. The molecule has 0 unspecified atom stereocenters. The summed E-state index contributed by atoms with van der Waals surface area (Å²) in [5.41, 5.74) is 0. The highest BCUT2D eigenvalue weighted by molar-refractivity contribution is 5.57. The van der Waals surface area contributed by atoms with Crippen LogP contribution in [0.25, 0.3) is 0 Å². The largest absolute Gasteiger partial charge is 0.540 e. The first-order chi connectivity index (χ1) is 4.13. The number of hydrogen-bond donors (Lipinski definition) is 2.